The highest BCUT2D eigenvalue weighted by Gasteiger charge is 2.42. The van der Waals surface area contributed by atoms with Crippen LogP contribution in [0, 0.1) is 11.6 Å². The Kier molecular flexibility index (Phi) is 5.56. The second kappa shape index (κ2) is 7.12. The van der Waals surface area contributed by atoms with Crippen molar-refractivity contribution in [2.75, 3.05) is 21.7 Å². The summed E-state index contributed by atoms with van der Waals surface area (Å²) in [5, 5.41) is 0. The zero-order chi connectivity index (χ0) is 16.6. The lowest BCUT2D eigenvalue weighted by Crippen LogP contribution is -2.33. The van der Waals surface area contributed by atoms with Gasteiger partial charge in [-0.3, -0.25) is 13.4 Å². The number of nitrogens with two attached hydrogens (primary N) is 1. The number of nitrogens with zero attached hydrogens (tertiary/aromatic N) is 2. The predicted octanol–water partition coefficient (Wildman–Crippen LogP) is 4.27. The molecule has 4 N–H and O–H groups in total. The Morgan fingerprint density at radius 3 is 2.29 bits per heavy atom. The summed E-state index contributed by atoms with van der Waals surface area (Å²) in [6.45, 7) is 0.703. The Morgan fingerprint density at radius 2 is 1.67 bits per heavy atom. The normalized spacial score (nSPS) is 16.5. The van der Waals surface area contributed by atoms with E-state index in [1.807, 2.05) is 0 Å². The van der Waals surface area contributed by atoms with Gasteiger partial charge in [0.25, 0.3) is 0 Å². The minimum Gasteiger partial charge on any atom is -0.330 e. The zero-order valence-electron chi connectivity index (χ0n) is 12.6. The monoisotopic (exact) mass is 377 g/mol. The quantitative estimate of drug-likeness (QED) is 0.741. The van der Waals surface area contributed by atoms with Gasteiger partial charge >= 0.3 is 0 Å². The van der Waals surface area contributed by atoms with Gasteiger partial charge in [-0.05, 0) is 48.2 Å². The van der Waals surface area contributed by atoms with E-state index in [0.29, 0.717) is 30.9 Å². The van der Waals surface area contributed by atoms with Gasteiger partial charge in [0, 0.05) is 12.6 Å². The van der Waals surface area contributed by atoms with Crippen molar-refractivity contribution in [2.24, 2.45) is 5.73 Å². The first-order chi connectivity index (χ1) is 11.0. The minimum atomic E-state index is -3.50. The first-order valence-electron chi connectivity index (χ1n) is 7.07. The van der Waals surface area contributed by atoms with Crippen molar-refractivity contribution >= 4 is 40.4 Å². The van der Waals surface area contributed by atoms with Gasteiger partial charge in [-0.25, -0.2) is 13.1 Å². The van der Waals surface area contributed by atoms with E-state index >= 15 is 0 Å². The van der Waals surface area contributed by atoms with Crippen LogP contribution >= 0.6 is 23.4 Å². The molecule has 0 unspecified atom stereocenters. The average Bonchev–Trinajstić information content (AvgIpc) is 2.72. The molecule has 0 bridgehead atoms. The summed E-state index contributed by atoms with van der Waals surface area (Å²) in [6, 6.07) is 9.86. The molecular weight excluding hydrogens is 360 g/mol. The highest BCUT2D eigenvalue weighted by atomic mass is 35.5. The van der Waals surface area contributed by atoms with E-state index in [-0.39, 0.29) is 18.1 Å². The number of hydrogen-bond acceptors (Lipinski definition) is 5. The lowest BCUT2D eigenvalue weighted by atomic mass is 10.2. The molecule has 5 nitrogen and oxygen atoms in total. The Labute approximate surface area is 146 Å². The number of para-hydroxylation sites is 2. The molecule has 24 heavy (non-hydrogen) atoms. The summed E-state index contributed by atoms with van der Waals surface area (Å²) in [4.78, 5) is 0. The molecule has 0 aliphatic carbocycles. The maximum atomic E-state index is 14.2. The number of hydrogen-bond donors (Lipinski definition) is 3. The third-order valence-corrected chi connectivity index (χ3v) is 5.46. The maximum absolute atomic E-state index is 14.2. The molecule has 1 aliphatic heterocycles. The fourth-order valence-electron chi connectivity index (χ4n) is 2.59. The van der Waals surface area contributed by atoms with Crippen molar-refractivity contribution in [3.63, 3.8) is 0 Å². The van der Waals surface area contributed by atoms with Crippen molar-refractivity contribution in [3.8, 4) is 0 Å². The fourth-order valence-corrected chi connectivity index (χ4v) is 4.41. The molecule has 0 atom stereocenters. The van der Waals surface area contributed by atoms with Crippen molar-refractivity contribution in [3.05, 3.63) is 54.1 Å². The lowest BCUT2D eigenvalue weighted by molar-refractivity contribution is 0.482. The topological polar surface area (TPSA) is 73.0 Å². The van der Waals surface area contributed by atoms with Crippen molar-refractivity contribution in [2.45, 2.75) is 6.42 Å². The number of halogens is 3. The van der Waals surface area contributed by atoms with Gasteiger partial charge in [-0.15, -0.1) is 12.4 Å². The summed E-state index contributed by atoms with van der Waals surface area (Å²) < 4.78 is 51.3. The molecule has 2 aromatic rings. The van der Waals surface area contributed by atoms with Gasteiger partial charge in [-0.2, -0.15) is 0 Å². The number of rotatable bonds is 4. The summed E-state index contributed by atoms with van der Waals surface area (Å²) in [7, 11) is -3.50. The smallest absolute Gasteiger partial charge is 0.151 e. The van der Waals surface area contributed by atoms with E-state index in [2.05, 4.69) is 0 Å². The predicted molar refractivity (Wildman–Crippen MR) is 96.1 cm³/mol. The van der Waals surface area contributed by atoms with Gasteiger partial charge in [0.1, 0.15) is 11.5 Å². The van der Waals surface area contributed by atoms with Crippen LogP contribution in [0.1, 0.15) is 6.42 Å². The molecule has 1 heterocycles. The molecule has 0 aromatic heterocycles. The maximum Gasteiger partial charge on any atom is 0.151 e. The second-order valence-electron chi connectivity index (χ2n) is 5.11. The van der Waals surface area contributed by atoms with E-state index in [0.717, 1.165) is 16.4 Å². The van der Waals surface area contributed by atoms with Crippen LogP contribution < -0.4 is 14.3 Å². The molecule has 0 fully saturated rings. The van der Waals surface area contributed by atoms with Crippen LogP contribution in [0.5, 0.6) is 0 Å². The van der Waals surface area contributed by atoms with E-state index in [9.17, 15) is 17.9 Å². The van der Waals surface area contributed by atoms with Gasteiger partial charge in [-0.1, -0.05) is 12.1 Å². The van der Waals surface area contributed by atoms with Crippen LogP contribution in [0.25, 0.3) is 0 Å². The van der Waals surface area contributed by atoms with Gasteiger partial charge < -0.3 is 5.73 Å². The van der Waals surface area contributed by atoms with E-state index in [1.165, 1.54) is 10.4 Å². The number of fused-ring (bicyclic) bond motifs is 1. The minimum absolute atomic E-state index is 0. The van der Waals surface area contributed by atoms with E-state index < -0.39 is 22.6 Å². The van der Waals surface area contributed by atoms with Crippen LogP contribution in [0.3, 0.4) is 0 Å². The first-order valence-corrected chi connectivity index (χ1v) is 8.53. The summed E-state index contributed by atoms with van der Waals surface area (Å²) in [5.74, 6) is -1.59. The molecule has 0 saturated carbocycles. The summed E-state index contributed by atoms with van der Waals surface area (Å²) in [6.07, 6.45) is 0.546. The Morgan fingerprint density at radius 1 is 1.00 bits per heavy atom. The third kappa shape index (κ3) is 3.03. The largest absolute Gasteiger partial charge is 0.330 e. The van der Waals surface area contributed by atoms with Crippen LogP contribution in [0.4, 0.5) is 25.8 Å². The molecule has 132 valence electrons. The Bertz CT molecular complexity index is 736. The third-order valence-electron chi connectivity index (χ3n) is 3.60. The van der Waals surface area contributed by atoms with Crippen LogP contribution in [0.2, 0.25) is 0 Å². The second-order valence-corrected chi connectivity index (χ2v) is 6.90. The van der Waals surface area contributed by atoms with Gasteiger partial charge in [0.2, 0.25) is 0 Å². The molecule has 1 aliphatic rings. The van der Waals surface area contributed by atoms with E-state index in [1.54, 1.807) is 24.3 Å². The average molecular weight is 378 g/mol. The lowest BCUT2D eigenvalue weighted by Gasteiger charge is -2.43. The highest BCUT2D eigenvalue weighted by Crippen LogP contribution is 2.64. The first kappa shape index (κ1) is 18.8. The van der Waals surface area contributed by atoms with Crippen LogP contribution in [-0.4, -0.2) is 22.2 Å². The molecule has 9 heteroatoms. The number of anilines is 3. The molecule has 0 saturated heterocycles. The summed E-state index contributed by atoms with van der Waals surface area (Å²) >= 11 is 0. The number of benzene rings is 2. The Hall–Kier alpha value is -1.58. The SMILES string of the molecule is Cl.NCCCN1c2ccccc2N(c2ccc(F)cc2F)S1(O)O. The molecule has 3 rings (SSSR count). The van der Waals surface area contributed by atoms with Crippen molar-refractivity contribution in [1.29, 1.82) is 0 Å². The fraction of sp³-hybridized carbons (Fsp3) is 0.200. The molecule has 0 spiro atoms. The van der Waals surface area contributed by atoms with Crippen LogP contribution in [-0.2, 0) is 0 Å². The van der Waals surface area contributed by atoms with Crippen molar-refractivity contribution in [1.82, 2.24) is 0 Å². The van der Waals surface area contributed by atoms with E-state index in [4.69, 9.17) is 5.73 Å². The molecule has 2 aromatic carbocycles. The standard InChI is InChI=1S/C15H17F2N3O2S.ClH/c16-11-6-7-13(12(17)10-11)20-15-5-2-1-4-14(15)19(9-3-8-18)23(20,21)22;/h1-2,4-7,10,21-22H,3,8-9,18H2;1H. The highest BCUT2D eigenvalue weighted by molar-refractivity contribution is 8.27. The van der Waals surface area contributed by atoms with Gasteiger partial charge in [0.05, 0.1) is 11.4 Å². The molecular formula is C15H18ClF2N3O2S. The molecule has 0 amide bonds. The van der Waals surface area contributed by atoms with Crippen LogP contribution in [0.15, 0.2) is 42.5 Å². The zero-order valence-corrected chi connectivity index (χ0v) is 14.2. The van der Waals surface area contributed by atoms with Gasteiger partial charge in [0.15, 0.2) is 5.82 Å². The molecule has 0 radical (unpaired) electrons. The Balaban J connectivity index is 0.00000208. The van der Waals surface area contributed by atoms with Crippen molar-refractivity contribution < 1.29 is 17.9 Å². The summed E-state index contributed by atoms with van der Waals surface area (Å²) in [5.41, 5.74) is 6.44.